The first-order valence-corrected chi connectivity index (χ1v) is 11.9. The number of hydrogen-bond donors (Lipinski definition) is 1. The first-order valence-electron chi connectivity index (χ1n) is 10.5. The van der Waals surface area contributed by atoms with E-state index in [9.17, 15) is 13.2 Å². The van der Waals surface area contributed by atoms with Crippen LogP contribution < -0.4 is 19.5 Å². The molecule has 2 aromatic carbocycles. The molecule has 0 aromatic heterocycles. The van der Waals surface area contributed by atoms with Crippen LogP contribution in [0.15, 0.2) is 47.4 Å². The predicted molar refractivity (Wildman–Crippen MR) is 121 cm³/mol. The van der Waals surface area contributed by atoms with Crippen LogP contribution in [0.4, 0.5) is 0 Å². The van der Waals surface area contributed by atoms with Crippen LogP contribution in [0.3, 0.4) is 0 Å². The van der Waals surface area contributed by atoms with Crippen molar-refractivity contribution in [2.24, 2.45) is 5.92 Å². The largest absolute Gasteiger partial charge is 0.497 e. The smallest absolute Gasteiger partial charge is 0.243 e. The summed E-state index contributed by atoms with van der Waals surface area (Å²) in [6.45, 7) is 2.39. The van der Waals surface area contributed by atoms with E-state index in [-0.39, 0.29) is 23.4 Å². The first-order chi connectivity index (χ1) is 15.3. The van der Waals surface area contributed by atoms with Crippen molar-refractivity contribution in [1.82, 2.24) is 9.62 Å². The molecule has 1 N–H and O–H groups in total. The summed E-state index contributed by atoms with van der Waals surface area (Å²) in [6.07, 6.45) is 1.24. The number of nitrogens with one attached hydrogen (secondary N) is 1. The molecule has 1 aliphatic heterocycles. The van der Waals surface area contributed by atoms with Crippen molar-refractivity contribution < 1.29 is 27.4 Å². The third-order valence-electron chi connectivity index (χ3n) is 5.71. The van der Waals surface area contributed by atoms with Crippen molar-refractivity contribution >= 4 is 15.9 Å². The maximum absolute atomic E-state index is 13.1. The molecule has 1 heterocycles. The summed E-state index contributed by atoms with van der Waals surface area (Å²) in [5.74, 6) is 1.27. The van der Waals surface area contributed by atoms with Gasteiger partial charge in [-0.25, -0.2) is 8.42 Å². The average Bonchev–Trinajstić information content (AvgIpc) is 2.83. The Labute approximate surface area is 189 Å². The first kappa shape index (κ1) is 23.9. The summed E-state index contributed by atoms with van der Waals surface area (Å²) >= 11 is 0. The topological polar surface area (TPSA) is 94.2 Å². The second-order valence-corrected chi connectivity index (χ2v) is 9.65. The van der Waals surface area contributed by atoms with Crippen LogP contribution in [0.2, 0.25) is 0 Å². The second-order valence-electron chi connectivity index (χ2n) is 7.72. The van der Waals surface area contributed by atoms with Gasteiger partial charge in [0.25, 0.3) is 0 Å². The lowest BCUT2D eigenvalue weighted by Crippen LogP contribution is -2.45. The lowest BCUT2D eigenvalue weighted by molar-refractivity contribution is -0.126. The van der Waals surface area contributed by atoms with Crippen molar-refractivity contribution in [3.8, 4) is 17.2 Å². The van der Waals surface area contributed by atoms with E-state index in [2.05, 4.69) is 5.32 Å². The summed E-state index contributed by atoms with van der Waals surface area (Å²) < 4.78 is 43.3. The molecule has 1 aliphatic rings. The number of nitrogens with zero attached hydrogens (tertiary/aromatic N) is 1. The van der Waals surface area contributed by atoms with Crippen molar-refractivity contribution in [2.75, 3.05) is 34.4 Å². The van der Waals surface area contributed by atoms with Gasteiger partial charge in [0.05, 0.1) is 38.2 Å². The summed E-state index contributed by atoms with van der Waals surface area (Å²) in [6, 6.07) is 11.4. The highest BCUT2D eigenvalue weighted by molar-refractivity contribution is 7.89. The van der Waals surface area contributed by atoms with Crippen LogP contribution in [-0.4, -0.2) is 53.0 Å². The maximum atomic E-state index is 13.1. The fourth-order valence-corrected chi connectivity index (χ4v) is 5.38. The number of carbonyl (C=O) groups is 1. The Balaban J connectivity index is 1.71. The number of ether oxygens (including phenoxy) is 3. The van der Waals surface area contributed by atoms with Crippen LogP contribution in [0.25, 0.3) is 0 Å². The molecule has 0 aliphatic carbocycles. The number of carbonyl (C=O) groups excluding carboxylic acids is 1. The van der Waals surface area contributed by atoms with Crippen molar-refractivity contribution in [2.45, 2.75) is 30.7 Å². The highest BCUT2D eigenvalue weighted by Gasteiger charge is 2.34. The zero-order chi connectivity index (χ0) is 23.3. The average molecular weight is 463 g/mol. The van der Waals surface area contributed by atoms with Crippen LogP contribution in [0, 0.1) is 5.92 Å². The van der Waals surface area contributed by atoms with Crippen molar-refractivity contribution in [3.05, 3.63) is 48.0 Å². The minimum Gasteiger partial charge on any atom is -0.497 e. The van der Waals surface area contributed by atoms with Gasteiger partial charge < -0.3 is 19.5 Å². The van der Waals surface area contributed by atoms with Gasteiger partial charge in [0, 0.05) is 18.7 Å². The molecule has 32 heavy (non-hydrogen) atoms. The number of piperidine rings is 1. The zero-order valence-electron chi connectivity index (χ0n) is 18.8. The van der Waals surface area contributed by atoms with E-state index >= 15 is 0 Å². The van der Waals surface area contributed by atoms with Gasteiger partial charge in [-0.15, -0.1) is 0 Å². The lowest BCUT2D eigenvalue weighted by atomic mass is 9.97. The van der Waals surface area contributed by atoms with Crippen LogP contribution in [0.5, 0.6) is 17.2 Å². The molecule has 1 amide bonds. The van der Waals surface area contributed by atoms with Gasteiger partial charge in [0.1, 0.15) is 17.2 Å². The van der Waals surface area contributed by atoms with Gasteiger partial charge in [-0.3, -0.25) is 4.79 Å². The third kappa shape index (κ3) is 5.16. The molecule has 2 atom stereocenters. The number of methoxy groups -OCH3 is 3. The molecule has 0 bridgehead atoms. The number of rotatable bonds is 8. The molecular formula is C23H30N2O6S. The van der Waals surface area contributed by atoms with Gasteiger partial charge in [-0.2, -0.15) is 4.31 Å². The highest BCUT2D eigenvalue weighted by atomic mass is 32.2. The standard InChI is InChI=1S/C23H30N2O6S/c1-16(21-14-19(30-3)9-12-22(21)31-4)24-23(26)17-6-5-13-25(15-17)32(27,28)20-10-7-18(29-2)8-11-20/h7-12,14,16-17H,5-6,13,15H2,1-4H3,(H,24,26). The Kier molecular flexibility index (Phi) is 7.63. The van der Waals surface area contributed by atoms with E-state index in [1.807, 2.05) is 13.0 Å². The number of sulfonamides is 1. The second kappa shape index (κ2) is 10.2. The molecule has 2 unspecified atom stereocenters. The van der Waals surface area contributed by atoms with Crippen molar-refractivity contribution in [1.29, 1.82) is 0 Å². The number of amides is 1. The monoisotopic (exact) mass is 462 g/mol. The summed E-state index contributed by atoms with van der Waals surface area (Å²) in [5.41, 5.74) is 0.790. The Hall–Kier alpha value is -2.78. The SMILES string of the molecule is COc1ccc(S(=O)(=O)N2CCCC(C(=O)NC(C)c3cc(OC)ccc3OC)C2)cc1. The van der Waals surface area contributed by atoms with E-state index in [4.69, 9.17) is 14.2 Å². The van der Waals surface area contributed by atoms with Gasteiger partial charge in [-0.05, 0) is 62.2 Å². The van der Waals surface area contributed by atoms with Crippen LogP contribution in [0.1, 0.15) is 31.4 Å². The minimum atomic E-state index is -3.69. The molecule has 1 saturated heterocycles. The zero-order valence-corrected chi connectivity index (χ0v) is 19.6. The Bertz CT molecular complexity index is 1040. The fraction of sp³-hybridized carbons (Fsp3) is 0.435. The molecule has 1 fully saturated rings. The molecule has 8 nitrogen and oxygen atoms in total. The Morgan fingerprint density at radius 1 is 1.03 bits per heavy atom. The van der Waals surface area contributed by atoms with Crippen molar-refractivity contribution in [3.63, 3.8) is 0 Å². The molecule has 0 radical (unpaired) electrons. The van der Waals surface area contributed by atoms with E-state index in [1.165, 1.54) is 23.5 Å². The molecule has 0 spiro atoms. The highest BCUT2D eigenvalue weighted by Crippen LogP contribution is 2.30. The number of hydrogen-bond acceptors (Lipinski definition) is 6. The third-order valence-corrected chi connectivity index (χ3v) is 7.59. The molecular weight excluding hydrogens is 432 g/mol. The summed E-state index contributed by atoms with van der Waals surface area (Å²) in [7, 11) is 0.985. The summed E-state index contributed by atoms with van der Waals surface area (Å²) in [4.78, 5) is 13.2. The van der Waals surface area contributed by atoms with E-state index in [0.29, 0.717) is 36.6 Å². The van der Waals surface area contributed by atoms with Gasteiger partial charge >= 0.3 is 0 Å². The predicted octanol–water partition coefficient (Wildman–Crippen LogP) is 2.99. The van der Waals surface area contributed by atoms with Gasteiger partial charge in [0.15, 0.2) is 0 Å². The van der Waals surface area contributed by atoms with E-state index in [0.717, 1.165) is 5.56 Å². The summed E-state index contributed by atoms with van der Waals surface area (Å²) in [5, 5.41) is 3.01. The normalized spacial score (nSPS) is 17.9. The minimum absolute atomic E-state index is 0.141. The molecule has 2 aromatic rings. The molecule has 0 saturated carbocycles. The van der Waals surface area contributed by atoms with Crippen LogP contribution in [-0.2, 0) is 14.8 Å². The molecule has 9 heteroatoms. The van der Waals surface area contributed by atoms with Crippen LogP contribution >= 0.6 is 0 Å². The molecule has 174 valence electrons. The quantitative estimate of drug-likeness (QED) is 0.648. The Morgan fingerprint density at radius 3 is 2.31 bits per heavy atom. The number of benzene rings is 2. The lowest BCUT2D eigenvalue weighted by Gasteiger charge is -2.32. The van der Waals surface area contributed by atoms with Gasteiger partial charge in [-0.1, -0.05) is 0 Å². The Morgan fingerprint density at radius 2 is 1.69 bits per heavy atom. The van der Waals surface area contributed by atoms with Gasteiger partial charge in [0.2, 0.25) is 15.9 Å². The molecule has 3 rings (SSSR count). The maximum Gasteiger partial charge on any atom is 0.243 e. The fourth-order valence-electron chi connectivity index (χ4n) is 3.86. The van der Waals surface area contributed by atoms with E-state index in [1.54, 1.807) is 38.5 Å². The van der Waals surface area contributed by atoms with E-state index < -0.39 is 15.9 Å².